The van der Waals surface area contributed by atoms with Crippen molar-refractivity contribution in [2.75, 3.05) is 17.9 Å². The van der Waals surface area contributed by atoms with Crippen LogP contribution in [0.4, 0.5) is 6.01 Å². The Bertz CT molecular complexity index is 994. The zero-order valence-corrected chi connectivity index (χ0v) is 17.0. The van der Waals surface area contributed by atoms with Crippen LogP contribution in [0.5, 0.6) is 11.5 Å². The van der Waals surface area contributed by atoms with Crippen molar-refractivity contribution < 1.29 is 18.7 Å². The van der Waals surface area contributed by atoms with Crippen LogP contribution in [0.15, 0.2) is 51.8 Å². The summed E-state index contributed by atoms with van der Waals surface area (Å²) in [6, 6.07) is 13.4. The van der Waals surface area contributed by atoms with Gasteiger partial charge in [0, 0.05) is 16.3 Å². The van der Waals surface area contributed by atoms with E-state index < -0.39 is 0 Å². The zero-order chi connectivity index (χ0) is 20.1. The van der Waals surface area contributed by atoms with E-state index in [-0.39, 0.29) is 18.7 Å². The lowest BCUT2D eigenvalue weighted by Crippen LogP contribution is -2.11. The zero-order valence-electron chi connectivity index (χ0n) is 15.4. The molecule has 1 amide bonds. The maximum Gasteiger partial charge on any atom is 0.322 e. The lowest BCUT2D eigenvalue weighted by atomic mass is 10.1. The molecule has 150 valence electrons. The molecule has 0 spiro atoms. The standard InChI is InChI=1S/C20H18ClN3O4S/c21-14-4-6-15(7-5-14)29-9-1-2-18(25)22-20-24-23-19(28-20)11-13-3-8-16-17(10-13)27-12-26-16/h3-8,10H,1-2,9,11-12H2,(H,22,24,25). The first-order chi connectivity index (χ1) is 14.2. The molecule has 2 aromatic carbocycles. The number of anilines is 1. The van der Waals surface area contributed by atoms with Crippen LogP contribution in [0.1, 0.15) is 24.3 Å². The molecule has 0 radical (unpaired) electrons. The minimum Gasteiger partial charge on any atom is -0.454 e. The molecule has 1 aromatic heterocycles. The molecule has 9 heteroatoms. The van der Waals surface area contributed by atoms with Gasteiger partial charge in [0.05, 0.1) is 6.42 Å². The number of ether oxygens (including phenoxy) is 2. The third kappa shape index (κ3) is 5.42. The number of nitrogens with one attached hydrogen (secondary N) is 1. The number of halogens is 1. The number of amides is 1. The molecule has 3 aromatic rings. The van der Waals surface area contributed by atoms with E-state index in [0.29, 0.717) is 29.5 Å². The number of fused-ring (bicyclic) bond motifs is 1. The molecule has 7 nitrogen and oxygen atoms in total. The largest absolute Gasteiger partial charge is 0.454 e. The molecule has 0 aliphatic carbocycles. The Kier molecular flexibility index (Phi) is 6.21. The molecule has 0 unspecified atom stereocenters. The second-order valence-corrected chi connectivity index (χ2v) is 7.92. The molecule has 0 saturated heterocycles. The summed E-state index contributed by atoms with van der Waals surface area (Å²) in [7, 11) is 0. The number of hydrogen-bond acceptors (Lipinski definition) is 7. The highest BCUT2D eigenvalue weighted by molar-refractivity contribution is 7.99. The third-order valence-corrected chi connectivity index (χ3v) is 5.49. The van der Waals surface area contributed by atoms with E-state index in [2.05, 4.69) is 15.5 Å². The SMILES string of the molecule is O=C(CCCSc1ccc(Cl)cc1)Nc1nnc(Cc2ccc3c(c2)OCO3)o1. The first-order valence-corrected chi connectivity index (χ1v) is 10.4. The molecule has 1 aliphatic heterocycles. The number of nitrogens with zero attached hydrogens (tertiary/aromatic N) is 2. The lowest BCUT2D eigenvalue weighted by Gasteiger charge is -2.02. The van der Waals surface area contributed by atoms with Crippen LogP contribution in [-0.4, -0.2) is 28.7 Å². The second-order valence-electron chi connectivity index (χ2n) is 6.32. The van der Waals surface area contributed by atoms with E-state index in [4.69, 9.17) is 25.5 Å². The van der Waals surface area contributed by atoms with E-state index in [1.807, 2.05) is 42.5 Å². The molecular weight excluding hydrogens is 414 g/mol. The maximum atomic E-state index is 12.1. The Hall–Kier alpha value is -2.71. The molecule has 4 rings (SSSR count). The Morgan fingerprint density at radius 2 is 1.93 bits per heavy atom. The molecule has 1 N–H and O–H groups in total. The van der Waals surface area contributed by atoms with E-state index in [9.17, 15) is 4.79 Å². The van der Waals surface area contributed by atoms with Crippen LogP contribution in [0.2, 0.25) is 5.02 Å². The van der Waals surface area contributed by atoms with Crippen LogP contribution in [0, 0.1) is 0 Å². The van der Waals surface area contributed by atoms with Gasteiger partial charge in [-0.2, -0.15) is 0 Å². The number of benzene rings is 2. The highest BCUT2D eigenvalue weighted by atomic mass is 35.5. The number of thioether (sulfide) groups is 1. The van der Waals surface area contributed by atoms with Gasteiger partial charge in [0.2, 0.25) is 18.6 Å². The van der Waals surface area contributed by atoms with Crippen LogP contribution >= 0.6 is 23.4 Å². The summed E-state index contributed by atoms with van der Waals surface area (Å²) in [6.45, 7) is 0.230. The second kappa shape index (κ2) is 9.19. The fourth-order valence-corrected chi connectivity index (χ4v) is 3.72. The summed E-state index contributed by atoms with van der Waals surface area (Å²) in [4.78, 5) is 13.2. The van der Waals surface area contributed by atoms with Gasteiger partial charge in [-0.05, 0) is 54.1 Å². The van der Waals surface area contributed by atoms with Crippen molar-refractivity contribution in [3.8, 4) is 11.5 Å². The molecule has 0 atom stereocenters. The van der Waals surface area contributed by atoms with E-state index >= 15 is 0 Å². The summed E-state index contributed by atoms with van der Waals surface area (Å²) < 4.78 is 16.2. The number of aromatic nitrogens is 2. The monoisotopic (exact) mass is 431 g/mol. The molecule has 0 fully saturated rings. The van der Waals surface area contributed by atoms with Crippen molar-refractivity contribution in [1.29, 1.82) is 0 Å². The highest BCUT2D eigenvalue weighted by Gasteiger charge is 2.15. The lowest BCUT2D eigenvalue weighted by molar-refractivity contribution is -0.116. The van der Waals surface area contributed by atoms with Gasteiger partial charge >= 0.3 is 6.01 Å². The maximum absolute atomic E-state index is 12.1. The fraction of sp³-hybridized carbons (Fsp3) is 0.250. The van der Waals surface area contributed by atoms with Gasteiger partial charge in [0.25, 0.3) is 0 Å². The fourth-order valence-electron chi connectivity index (χ4n) is 2.74. The van der Waals surface area contributed by atoms with Crippen molar-refractivity contribution in [2.24, 2.45) is 0 Å². The average Bonchev–Trinajstić information content (AvgIpc) is 3.35. The highest BCUT2D eigenvalue weighted by Crippen LogP contribution is 2.33. The van der Waals surface area contributed by atoms with Crippen LogP contribution in [-0.2, 0) is 11.2 Å². The Balaban J connectivity index is 1.21. The van der Waals surface area contributed by atoms with Gasteiger partial charge < -0.3 is 13.9 Å². The van der Waals surface area contributed by atoms with Gasteiger partial charge in [0.15, 0.2) is 11.5 Å². The number of carbonyl (C=O) groups excluding carboxylic acids is 1. The van der Waals surface area contributed by atoms with Gasteiger partial charge in [-0.1, -0.05) is 22.8 Å². The molecular formula is C20H18ClN3O4S. The normalized spacial score (nSPS) is 12.2. The first-order valence-electron chi connectivity index (χ1n) is 9.05. The van der Waals surface area contributed by atoms with Crippen LogP contribution in [0.25, 0.3) is 0 Å². The van der Waals surface area contributed by atoms with E-state index in [0.717, 1.165) is 28.4 Å². The average molecular weight is 432 g/mol. The van der Waals surface area contributed by atoms with E-state index in [1.165, 1.54) is 0 Å². The topological polar surface area (TPSA) is 86.5 Å². The Morgan fingerprint density at radius 3 is 2.79 bits per heavy atom. The predicted octanol–water partition coefficient (Wildman–Crippen LogP) is 4.55. The molecule has 0 saturated carbocycles. The van der Waals surface area contributed by atoms with Crippen LogP contribution in [0.3, 0.4) is 0 Å². The summed E-state index contributed by atoms with van der Waals surface area (Å²) in [5.74, 6) is 2.51. The Morgan fingerprint density at radius 1 is 1.10 bits per heavy atom. The summed E-state index contributed by atoms with van der Waals surface area (Å²) in [5.41, 5.74) is 0.954. The number of carbonyl (C=O) groups is 1. The minimum atomic E-state index is -0.153. The third-order valence-electron chi connectivity index (χ3n) is 4.14. The quantitative estimate of drug-likeness (QED) is 0.413. The van der Waals surface area contributed by atoms with Crippen molar-refractivity contribution in [3.05, 3.63) is 58.9 Å². The molecule has 2 heterocycles. The van der Waals surface area contributed by atoms with Gasteiger partial charge in [-0.25, -0.2) is 0 Å². The number of rotatable bonds is 8. The van der Waals surface area contributed by atoms with E-state index in [1.54, 1.807) is 11.8 Å². The number of hydrogen-bond donors (Lipinski definition) is 1. The van der Waals surface area contributed by atoms with Crippen molar-refractivity contribution in [1.82, 2.24) is 10.2 Å². The summed E-state index contributed by atoms with van der Waals surface area (Å²) >= 11 is 7.55. The van der Waals surface area contributed by atoms with Gasteiger partial charge in [-0.3, -0.25) is 10.1 Å². The van der Waals surface area contributed by atoms with Crippen molar-refractivity contribution in [2.45, 2.75) is 24.2 Å². The van der Waals surface area contributed by atoms with Crippen molar-refractivity contribution in [3.63, 3.8) is 0 Å². The summed E-state index contributed by atoms with van der Waals surface area (Å²) in [5, 5.41) is 11.2. The molecule has 29 heavy (non-hydrogen) atoms. The molecule has 1 aliphatic rings. The minimum absolute atomic E-state index is 0.107. The van der Waals surface area contributed by atoms with Gasteiger partial charge in [0.1, 0.15) is 0 Å². The molecule has 0 bridgehead atoms. The van der Waals surface area contributed by atoms with Crippen LogP contribution < -0.4 is 14.8 Å². The Labute approximate surface area is 176 Å². The summed E-state index contributed by atoms with van der Waals surface area (Å²) in [6.07, 6.45) is 1.55. The predicted molar refractivity (Wildman–Crippen MR) is 110 cm³/mol. The van der Waals surface area contributed by atoms with Gasteiger partial charge in [-0.15, -0.1) is 16.9 Å². The first kappa shape index (κ1) is 19.6. The smallest absolute Gasteiger partial charge is 0.322 e. The van der Waals surface area contributed by atoms with Crippen molar-refractivity contribution >= 4 is 35.3 Å².